The second-order valence-electron chi connectivity index (χ2n) is 5.22. The Balaban J connectivity index is 1.69. The minimum absolute atomic E-state index is 0.126. The van der Waals surface area contributed by atoms with Crippen LogP contribution in [0.1, 0.15) is 20.8 Å². The minimum Gasteiger partial charge on any atom is -0.485 e. The summed E-state index contributed by atoms with van der Waals surface area (Å²) in [5, 5.41) is 2.37. The fourth-order valence-electron chi connectivity index (χ4n) is 2.69. The zero-order valence-corrected chi connectivity index (χ0v) is 14.0. The topological polar surface area (TPSA) is 74.4 Å². The van der Waals surface area contributed by atoms with Crippen molar-refractivity contribution in [2.45, 2.75) is 18.7 Å². The molecule has 23 heavy (non-hydrogen) atoms. The third kappa shape index (κ3) is 2.64. The molecule has 1 aromatic heterocycles. The number of benzene rings is 1. The third-order valence-electron chi connectivity index (χ3n) is 3.81. The zero-order chi connectivity index (χ0) is 16.0. The van der Waals surface area contributed by atoms with Gasteiger partial charge in [0.2, 0.25) is 5.78 Å². The van der Waals surface area contributed by atoms with Gasteiger partial charge in [-0.15, -0.1) is 11.3 Å². The van der Waals surface area contributed by atoms with Gasteiger partial charge in [0.25, 0.3) is 0 Å². The highest BCUT2D eigenvalue weighted by atomic mass is 35.5. The highest BCUT2D eigenvalue weighted by Gasteiger charge is 2.35. The molecule has 6 nitrogen and oxygen atoms in total. The first-order chi connectivity index (χ1) is 11.1. The predicted octanol–water partition coefficient (Wildman–Crippen LogP) is 2.03. The van der Waals surface area contributed by atoms with Crippen LogP contribution in [0, 0.1) is 0 Å². The standard InChI is InChI=1S/C14H12Cl2N4O2S/c15-10-7(12(21)9-2-1-3-23-9)4-6-5-8(14-17-19-20-18-14)22-13(6)11(10)16/h1-4,8,14,17-20H,5H2. The van der Waals surface area contributed by atoms with Gasteiger partial charge < -0.3 is 4.74 Å². The van der Waals surface area contributed by atoms with Crippen molar-refractivity contribution in [3.63, 3.8) is 0 Å². The lowest BCUT2D eigenvalue weighted by Crippen LogP contribution is -2.46. The molecule has 1 saturated heterocycles. The Hall–Kier alpha value is -1.19. The smallest absolute Gasteiger partial charge is 0.204 e. The minimum atomic E-state index is -0.173. The Morgan fingerprint density at radius 2 is 2.04 bits per heavy atom. The van der Waals surface area contributed by atoms with E-state index in [1.54, 1.807) is 12.1 Å². The monoisotopic (exact) mass is 370 g/mol. The summed E-state index contributed by atoms with van der Waals surface area (Å²) in [6.45, 7) is 0. The third-order valence-corrected chi connectivity index (χ3v) is 5.53. The quantitative estimate of drug-likeness (QED) is 0.619. The first-order valence-electron chi connectivity index (χ1n) is 6.92. The number of rotatable bonds is 3. The van der Waals surface area contributed by atoms with Crippen LogP contribution in [0.15, 0.2) is 23.6 Å². The predicted molar refractivity (Wildman–Crippen MR) is 88.7 cm³/mol. The van der Waals surface area contributed by atoms with Crippen molar-refractivity contribution >= 4 is 40.3 Å². The van der Waals surface area contributed by atoms with Crippen molar-refractivity contribution in [3.05, 3.63) is 49.6 Å². The van der Waals surface area contributed by atoms with E-state index in [0.717, 1.165) is 5.56 Å². The number of ether oxygens (including phenoxy) is 1. The second-order valence-corrected chi connectivity index (χ2v) is 6.93. The fourth-order valence-corrected chi connectivity index (χ4v) is 3.86. The van der Waals surface area contributed by atoms with Gasteiger partial charge >= 0.3 is 0 Å². The molecule has 4 N–H and O–H groups in total. The van der Waals surface area contributed by atoms with Gasteiger partial charge in [-0.2, -0.15) is 11.1 Å². The molecule has 9 heteroatoms. The van der Waals surface area contributed by atoms with Crippen molar-refractivity contribution in [1.82, 2.24) is 21.9 Å². The molecule has 0 saturated carbocycles. The number of hydrogen-bond acceptors (Lipinski definition) is 7. The average molecular weight is 371 g/mol. The number of hydrazine groups is 3. The maximum Gasteiger partial charge on any atom is 0.204 e. The van der Waals surface area contributed by atoms with E-state index in [1.807, 2.05) is 11.4 Å². The number of hydrogen-bond donors (Lipinski definition) is 4. The SMILES string of the molecule is O=C(c1cccs1)c1cc2c(c(Cl)c1Cl)OC(C1NNNN1)C2. The molecule has 2 aromatic rings. The number of carbonyl (C=O) groups is 1. The normalized spacial score (nSPS) is 20.5. The van der Waals surface area contributed by atoms with Gasteiger partial charge in [-0.3, -0.25) is 4.79 Å². The van der Waals surface area contributed by atoms with Crippen LogP contribution < -0.4 is 26.7 Å². The molecular weight excluding hydrogens is 359 g/mol. The Labute approximate surface area is 146 Å². The molecule has 0 aliphatic carbocycles. The fraction of sp³-hybridized carbons (Fsp3) is 0.214. The summed E-state index contributed by atoms with van der Waals surface area (Å²) < 4.78 is 5.90. The molecule has 1 aromatic carbocycles. The lowest BCUT2D eigenvalue weighted by Gasteiger charge is -2.17. The van der Waals surface area contributed by atoms with Crippen molar-refractivity contribution in [1.29, 1.82) is 0 Å². The number of nitrogens with one attached hydrogen (secondary N) is 4. The van der Waals surface area contributed by atoms with Crippen LogP contribution in [0.25, 0.3) is 0 Å². The molecule has 120 valence electrons. The maximum atomic E-state index is 12.6. The van der Waals surface area contributed by atoms with E-state index >= 15 is 0 Å². The van der Waals surface area contributed by atoms with Crippen LogP contribution in [-0.4, -0.2) is 18.1 Å². The van der Waals surface area contributed by atoms with Gasteiger partial charge in [0.05, 0.1) is 9.90 Å². The van der Waals surface area contributed by atoms with Crippen molar-refractivity contribution in [2.24, 2.45) is 0 Å². The highest BCUT2D eigenvalue weighted by Crippen LogP contribution is 2.43. The van der Waals surface area contributed by atoms with Crippen molar-refractivity contribution in [3.8, 4) is 5.75 Å². The summed E-state index contributed by atoms with van der Waals surface area (Å²) in [4.78, 5) is 13.2. The van der Waals surface area contributed by atoms with Gasteiger partial charge in [-0.25, -0.2) is 10.9 Å². The van der Waals surface area contributed by atoms with Crippen LogP contribution in [0.5, 0.6) is 5.75 Å². The molecule has 2 aliphatic rings. The van der Waals surface area contributed by atoms with E-state index in [9.17, 15) is 4.79 Å². The molecule has 1 atom stereocenters. The van der Waals surface area contributed by atoms with Gasteiger partial charge in [0.1, 0.15) is 23.0 Å². The number of ketones is 1. The van der Waals surface area contributed by atoms with Gasteiger partial charge in [0, 0.05) is 17.5 Å². The second kappa shape index (κ2) is 6.03. The van der Waals surface area contributed by atoms with Gasteiger partial charge in [0.15, 0.2) is 0 Å². The summed E-state index contributed by atoms with van der Waals surface area (Å²) in [6.07, 6.45) is 0.312. The van der Waals surface area contributed by atoms with E-state index in [4.69, 9.17) is 27.9 Å². The number of carbonyl (C=O) groups excluding carboxylic acids is 1. The highest BCUT2D eigenvalue weighted by molar-refractivity contribution is 7.12. The van der Waals surface area contributed by atoms with Crippen LogP contribution in [0.2, 0.25) is 10.0 Å². The molecule has 0 amide bonds. The summed E-state index contributed by atoms with van der Waals surface area (Å²) in [5.74, 6) is 0.415. The van der Waals surface area contributed by atoms with Crippen LogP contribution in [-0.2, 0) is 6.42 Å². The number of halogens is 2. The van der Waals surface area contributed by atoms with E-state index in [1.165, 1.54) is 11.3 Å². The van der Waals surface area contributed by atoms with E-state index in [0.29, 0.717) is 22.6 Å². The molecule has 3 heterocycles. The van der Waals surface area contributed by atoms with E-state index in [-0.39, 0.29) is 28.1 Å². The van der Waals surface area contributed by atoms with E-state index in [2.05, 4.69) is 21.9 Å². The van der Waals surface area contributed by atoms with Crippen LogP contribution in [0.4, 0.5) is 0 Å². The maximum absolute atomic E-state index is 12.6. The van der Waals surface area contributed by atoms with Crippen molar-refractivity contribution < 1.29 is 9.53 Å². The summed E-state index contributed by atoms with van der Waals surface area (Å²) in [7, 11) is 0. The van der Waals surface area contributed by atoms with E-state index < -0.39 is 0 Å². The molecule has 0 radical (unpaired) electrons. The first-order valence-corrected chi connectivity index (χ1v) is 8.55. The molecule has 1 fully saturated rings. The molecule has 4 rings (SSSR count). The Kier molecular flexibility index (Phi) is 4.02. The van der Waals surface area contributed by atoms with Crippen LogP contribution >= 0.6 is 34.5 Å². The molecule has 2 aliphatic heterocycles. The summed E-state index contributed by atoms with van der Waals surface area (Å²) in [5.41, 5.74) is 12.8. The summed E-state index contributed by atoms with van der Waals surface area (Å²) in [6, 6.07) is 5.38. The van der Waals surface area contributed by atoms with Crippen LogP contribution in [0.3, 0.4) is 0 Å². The Morgan fingerprint density at radius 1 is 1.26 bits per heavy atom. The van der Waals surface area contributed by atoms with Gasteiger partial charge in [-0.05, 0) is 17.5 Å². The Bertz CT molecular complexity index is 763. The zero-order valence-electron chi connectivity index (χ0n) is 11.7. The first kappa shape index (κ1) is 15.3. The largest absolute Gasteiger partial charge is 0.485 e. The molecular formula is C14H12Cl2N4O2S. The molecule has 0 spiro atoms. The number of thiophene rings is 1. The molecule has 1 unspecified atom stereocenters. The average Bonchev–Trinajstić information content (AvgIpc) is 3.30. The lowest BCUT2D eigenvalue weighted by atomic mass is 10.0. The Morgan fingerprint density at radius 3 is 2.74 bits per heavy atom. The van der Waals surface area contributed by atoms with Crippen molar-refractivity contribution in [2.75, 3.05) is 0 Å². The van der Waals surface area contributed by atoms with Gasteiger partial charge in [-0.1, -0.05) is 29.3 Å². The molecule has 0 bridgehead atoms. The summed E-state index contributed by atoms with van der Waals surface area (Å²) >= 11 is 14.0. The number of fused-ring (bicyclic) bond motifs is 1. The lowest BCUT2D eigenvalue weighted by molar-refractivity contribution is 0.104.